The Hall–Kier alpha value is -0.860. The molecule has 2 N–H and O–H groups in total. The molecule has 1 atom stereocenters. The molecular weight excluding hydrogens is 128 g/mol. The Morgan fingerprint density at radius 3 is 2.70 bits per heavy atom. The highest BCUT2D eigenvalue weighted by Crippen LogP contribution is 2.09. The van der Waals surface area contributed by atoms with Crippen molar-refractivity contribution in [2.45, 2.75) is 6.08 Å². The van der Waals surface area contributed by atoms with E-state index in [-0.39, 0.29) is 0 Å². The summed E-state index contributed by atoms with van der Waals surface area (Å²) in [6.07, 6.45) is -3.37. The molecular formula is C8H10O2. The molecule has 0 aliphatic rings. The van der Waals surface area contributed by atoms with Crippen LogP contribution < -0.4 is 0 Å². The molecule has 2 heteroatoms. The maximum Gasteiger partial charge on any atom is 0.102 e. The van der Waals surface area contributed by atoms with Gasteiger partial charge in [0.2, 0.25) is 0 Å². The van der Waals surface area contributed by atoms with Gasteiger partial charge in [-0.1, -0.05) is 30.2 Å². The lowest BCUT2D eigenvalue weighted by molar-refractivity contribution is 0.0956. The van der Waals surface area contributed by atoms with Gasteiger partial charge in [0.25, 0.3) is 0 Å². The lowest BCUT2D eigenvalue weighted by atomic mass is 10.1. The standard InChI is InChI=1S/C8H10O2/c9-6-8(10)7-4-2-1-3-5-7/h1-5,8-10H,6H2/t8-/m1/s1/i1D,2D,3D,4D,5D,6D2,8D. The monoisotopic (exact) mass is 146 g/mol. The largest absolute Gasteiger partial charge is 0.393 e. The molecule has 54 valence electrons. The van der Waals surface area contributed by atoms with Crippen molar-refractivity contribution in [3.63, 3.8) is 0 Å². The van der Waals surface area contributed by atoms with Gasteiger partial charge in [-0.2, -0.15) is 0 Å². The summed E-state index contributed by atoms with van der Waals surface area (Å²) in [4.78, 5) is 0. The van der Waals surface area contributed by atoms with Crippen LogP contribution in [0.4, 0.5) is 0 Å². The minimum Gasteiger partial charge on any atom is -0.393 e. The van der Waals surface area contributed by atoms with Crippen LogP contribution in [0.3, 0.4) is 0 Å². The van der Waals surface area contributed by atoms with Gasteiger partial charge in [-0.25, -0.2) is 0 Å². The van der Waals surface area contributed by atoms with Crippen LogP contribution in [0, 0.1) is 0 Å². The van der Waals surface area contributed by atoms with Gasteiger partial charge < -0.3 is 10.2 Å². The van der Waals surface area contributed by atoms with Crippen molar-refractivity contribution in [2.75, 3.05) is 6.56 Å². The van der Waals surface area contributed by atoms with Crippen molar-refractivity contribution in [1.82, 2.24) is 0 Å². The van der Waals surface area contributed by atoms with Gasteiger partial charge in [-0.3, -0.25) is 0 Å². The fourth-order valence-corrected chi connectivity index (χ4v) is 0.424. The molecule has 2 nitrogen and oxygen atoms in total. The quantitative estimate of drug-likeness (QED) is 0.645. The van der Waals surface area contributed by atoms with Crippen molar-refractivity contribution in [3.8, 4) is 0 Å². The molecule has 0 saturated carbocycles. The van der Waals surface area contributed by atoms with E-state index in [0.29, 0.717) is 0 Å². The predicted octanol–water partition coefficient (Wildman–Crippen LogP) is 0.712. The first kappa shape index (κ1) is 2.06. The van der Waals surface area contributed by atoms with Crippen molar-refractivity contribution in [3.05, 3.63) is 35.8 Å². The third-order valence-electron chi connectivity index (χ3n) is 0.843. The van der Waals surface area contributed by atoms with Crippen LogP contribution in [0.25, 0.3) is 0 Å². The average Bonchev–Trinajstić information content (AvgIpc) is 2.22. The lowest BCUT2D eigenvalue weighted by Gasteiger charge is -2.05. The SMILES string of the molecule is [2H]c1c([2H])c([2H])c([C@]([2H])(O)C([2H])([2H])O)c([2H])c1[2H]. The molecule has 10 heavy (non-hydrogen) atoms. The summed E-state index contributed by atoms with van der Waals surface area (Å²) in [5, 5.41) is 18.7. The third-order valence-corrected chi connectivity index (χ3v) is 0.843. The van der Waals surface area contributed by atoms with Crippen LogP contribution in [0.15, 0.2) is 30.2 Å². The minimum atomic E-state index is -3.49. The molecule has 1 aromatic rings. The number of hydrogen-bond acceptors (Lipinski definition) is 2. The van der Waals surface area contributed by atoms with Crippen LogP contribution in [0.5, 0.6) is 0 Å². The Bertz CT molecular complexity index is 464. The number of benzene rings is 1. The number of aliphatic hydroxyl groups is 2. The molecule has 0 aromatic heterocycles. The molecule has 0 aliphatic carbocycles. The van der Waals surface area contributed by atoms with E-state index >= 15 is 0 Å². The minimum absolute atomic E-state index is 0.733. The molecule has 0 fully saturated rings. The fraction of sp³-hybridized carbons (Fsp3) is 0.250. The van der Waals surface area contributed by atoms with Gasteiger partial charge in [0, 0.05) is 0 Å². The van der Waals surface area contributed by atoms with Crippen LogP contribution in [0.2, 0.25) is 0 Å². The first-order valence-corrected chi connectivity index (χ1v) is 2.45. The Balaban J connectivity index is 3.72. The van der Waals surface area contributed by atoms with Gasteiger partial charge in [-0.15, -0.1) is 0 Å². The molecule has 0 aliphatic heterocycles. The van der Waals surface area contributed by atoms with Crippen molar-refractivity contribution >= 4 is 0 Å². The predicted molar refractivity (Wildman–Crippen MR) is 38.5 cm³/mol. The van der Waals surface area contributed by atoms with E-state index in [2.05, 4.69) is 0 Å². The summed E-state index contributed by atoms with van der Waals surface area (Å²) in [5.41, 5.74) is -1.01. The summed E-state index contributed by atoms with van der Waals surface area (Å²) in [7, 11) is 0. The van der Waals surface area contributed by atoms with Crippen LogP contribution >= 0.6 is 0 Å². The van der Waals surface area contributed by atoms with Gasteiger partial charge >= 0.3 is 0 Å². The van der Waals surface area contributed by atoms with Crippen molar-refractivity contribution < 1.29 is 21.2 Å². The topological polar surface area (TPSA) is 40.5 Å². The van der Waals surface area contributed by atoms with Crippen LogP contribution in [-0.4, -0.2) is 16.8 Å². The Morgan fingerprint density at radius 1 is 1.60 bits per heavy atom. The van der Waals surface area contributed by atoms with E-state index < -0.39 is 48.4 Å². The van der Waals surface area contributed by atoms with Crippen LogP contribution in [0.1, 0.15) is 22.6 Å². The average molecular weight is 146 g/mol. The van der Waals surface area contributed by atoms with E-state index in [1.165, 1.54) is 0 Å². The highest BCUT2D eigenvalue weighted by atomic mass is 16.3. The second-order valence-electron chi connectivity index (χ2n) is 1.46. The second kappa shape index (κ2) is 3.34. The van der Waals surface area contributed by atoms with Gasteiger partial charge in [0.1, 0.15) is 6.08 Å². The van der Waals surface area contributed by atoms with E-state index in [9.17, 15) is 5.11 Å². The molecule has 1 aromatic carbocycles. The van der Waals surface area contributed by atoms with Gasteiger partial charge in [0.15, 0.2) is 0 Å². The van der Waals surface area contributed by atoms with E-state index in [1.807, 2.05) is 0 Å². The molecule has 0 saturated heterocycles. The first-order valence-electron chi connectivity index (χ1n) is 6.45. The zero-order valence-corrected chi connectivity index (χ0v) is 4.89. The van der Waals surface area contributed by atoms with E-state index in [0.717, 1.165) is 0 Å². The molecule has 0 unspecified atom stereocenters. The van der Waals surface area contributed by atoms with Crippen molar-refractivity contribution in [2.24, 2.45) is 0 Å². The summed E-state index contributed by atoms with van der Waals surface area (Å²) in [6.45, 7) is -3.49. The first-order chi connectivity index (χ1) is 7.93. The molecule has 1 rings (SSSR count). The maximum atomic E-state index is 9.60. The summed E-state index contributed by atoms with van der Waals surface area (Å²) in [6, 6.07) is -4.24. The Morgan fingerprint density at radius 2 is 2.20 bits per heavy atom. The number of rotatable bonds is 2. The zero-order chi connectivity index (χ0) is 14.5. The van der Waals surface area contributed by atoms with Crippen molar-refractivity contribution in [1.29, 1.82) is 0 Å². The molecule has 0 amide bonds. The number of hydrogen-bond donors (Lipinski definition) is 2. The van der Waals surface area contributed by atoms with E-state index in [1.54, 1.807) is 0 Å². The second-order valence-corrected chi connectivity index (χ2v) is 1.46. The lowest BCUT2D eigenvalue weighted by Crippen LogP contribution is -2.01. The smallest absolute Gasteiger partial charge is 0.102 e. The van der Waals surface area contributed by atoms with Gasteiger partial charge in [0.05, 0.1) is 17.5 Å². The van der Waals surface area contributed by atoms with Gasteiger partial charge in [-0.05, 0) is 5.56 Å². The highest BCUT2D eigenvalue weighted by Gasteiger charge is 2.02. The summed E-state index contributed by atoms with van der Waals surface area (Å²) >= 11 is 0. The zero-order valence-electron chi connectivity index (χ0n) is 12.9. The molecule has 0 spiro atoms. The Labute approximate surface area is 71.0 Å². The fourth-order valence-electron chi connectivity index (χ4n) is 0.424. The highest BCUT2D eigenvalue weighted by molar-refractivity contribution is 5.16. The van der Waals surface area contributed by atoms with Crippen LogP contribution in [-0.2, 0) is 0 Å². The molecule has 0 bridgehead atoms. The molecule has 0 radical (unpaired) electrons. The molecule has 0 heterocycles. The Kier molecular flexibility index (Phi) is 0.689. The summed E-state index contributed by atoms with van der Waals surface area (Å²) in [5.74, 6) is 0. The van der Waals surface area contributed by atoms with E-state index in [4.69, 9.17) is 16.1 Å². The summed E-state index contributed by atoms with van der Waals surface area (Å²) < 4.78 is 58.0. The third kappa shape index (κ3) is 1.56. The normalized spacial score (nSPS) is 29.0. The maximum absolute atomic E-state index is 9.60.